The standard InChI is InChI=1S/C22H24FNO6/c1-3-28-19(25)22(23,20(26)29-4-2)18(17-13-9-6-10-14-17)24-21(27)30-15-16-11-7-5-8-12-16/h5-14,18H,3-4,15H2,1-2H3,(H,24,27). The van der Waals surface area contributed by atoms with E-state index >= 15 is 4.39 Å². The van der Waals surface area contributed by atoms with Gasteiger partial charge in [-0.05, 0) is 25.0 Å². The number of amides is 1. The summed E-state index contributed by atoms with van der Waals surface area (Å²) < 4.78 is 30.7. The predicted molar refractivity (Wildman–Crippen MR) is 106 cm³/mol. The fourth-order valence-electron chi connectivity index (χ4n) is 2.73. The Morgan fingerprint density at radius 3 is 1.87 bits per heavy atom. The number of alkyl carbamates (subject to hydrolysis) is 1. The Bertz CT molecular complexity index is 825. The van der Waals surface area contributed by atoms with Crippen LogP contribution in [0.15, 0.2) is 60.7 Å². The molecule has 0 bridgehead atoms. The molecule has 160 valence electrons. The minimum Gasteiger partial charge on any atom is -0.463 e. The van der Waals surface area contributed by atoms with Crippen LogP contribution in [0.3, 0.4) is 0 Å². The molecule has 1 atom stereocenters. The van der Waals surface area contributed by atoms with Crippen molar-refractivity contribution >= 4 is 18.0 Å². The maximum atomic E-state index is 16.0. The summed E-state index contributed by atoms with van der Waals surface area (Å²) in [5.41, 5.74) is -2.43. The molecule has 30 heavy (non-hydrogen) atoms. The first kappa shape index (κ1) is 22.9. The van der Waals surface area contributed by atoms with Crippen LogP contribution in [0.1, 0.15) is 31.0 Å². The zero-order valence-electron chi connectivity index (χ0n) is 16.8. The van der Waals surface area contributed by atoms with E-state index in [4.69, 9.17) is 14.2 Å². The number of rotatable bonds is 9. The van der Waals surface area contributed by atoms with Crippen LogP contribution in [0.25, 0.3) is 0 Å². The van der Waals surface area contributed by atoms with Gasteiger partial charge in [-0.1, -0.05) is 60.7 Å². The maximum absolute atomic E-state index is 16.0. The van der Waals surface area contributed by atoms with Crippen LogP contribution in [0.2, 0.25) is 0 Å². The second-order valence-electron chi connectivity index (χ2n) is 6.20. The number of halogens is 1. The predicted octanol–water partition coefficient (Wildman–Crippen LogP) is 3.49. The van der Waals surface area contributed by atoms with Crippen LogP contribution in [-0.4, -0.2) is 36.9 Å². The van der Waals surface area contributed by atoms with Crippen molar-refractivity contribution in [2.24, 2.45) is 0 Å². The van der Waals surface area contributed by atoms with Gasteiger partial charge in [0.1, 0.15) is 12.6 Å². The molecule has 1 amide bonds. The smallest absolute Gasteiger partial charge is 0.408 e. The summed E-state index contributed by atoms with van der Waals surface area (Å²) in [4.78, 5) is 37.3. The fraction of sp³-hybridized carbons (Fsp3) is 0.318. The normalized spacial score (nSPS) is 11.8. The average molecular weight is 417 g/mol. The molecule has 0 aliphatic carbocycles. The van der Waals surface area contributed by atoms with Gasteiger partial charge in [-0.25, -0.2) is 18.8 Å². The van der Waals surface area contributed by atoms with Crippen molar-refractivity contribution in [3.8, 4) is 0 Å². The summed E-state index contributed by atoms with van der Waals surface area (Å²) in [5, 5.41) is 2.28. The van der Waals surface area contributed by atoms with Gasteiger partial charge in [0.25, 0.3) is 0 Å². The molecule has 0 aromatic heterocycles. The molecule has 8 heteroatoms. The lowest BCUT2D eigenvalue weighted by atomic mass is 9.90. The van der Waals surface area contributed by atoms with Crippen molar-refractivity contribution < 1.29 is 33.0 Å². The van der Waals surface area contributed by atoms with Gasteiger partial charge in [-0.15, -0.1) is 0 Å². The van der Waals surface area contributed by atoms with E-state index in [2.05, 4.69) is 5.32 Å². The van der Waals surface area contributed by atoms with Gasteiger partial charge in [0, 0.05) is 0 Å². The summed E-state index contributed by atoms with van der Waals surface area (Å²) in [6.45, 7) is 2.55. The molecule has 2 aromatic carbocycles. The quantitative estimate of drug-likeness (QED) is 0.382. The van der Waals surface area contributed by atoms with Gasteiger partial charge in [0.05, 0.1) is 13.2 Å². The Labute approximate surface area is 174 Å². The summed E-state index contributed by atoms with van der Waals surface area (Å²) in [6.07, 6.45) is -1.01. The van der Waals surface area contributed by atoms with Crippen molar-refractivity contribution in [3.05, 3.63) is 71.8 Å². The molecule has 7 nitrogen and oxygen atoms in total. The van der Waals surface area contributed by atoms with E-state index in [-0.39, 0.29) is 25.4 Å². The number of alkyl halides is 1. The van der Waals surface area contributed by atoms with Crippen molar-refractivity contribution in [3.63, 3.8) is 0 Å². The number of esters is 2. The summed E-state index contributed by atoms with van der Waals surface area (Å²) in [7, 11) is 0. The Balaban J connectivity index is 2.33. The molecule has 2 aromatic rings. The van der Waals surface area contributed by atoms with Crippen LogP contribution in [-0.2, 0) is 30.4 Å². The highest BCUT2D eigenvalue weighted by atomic mass is 19.1. The van der Waals surface area contributed by atoms with Crippen molar-refractivity contribution in [1.29, 1.82) is 0 Å². The molecule has 0 saturated heterocycles. The summed E-state index contributed by atoms with van der Waals surface area (Å²) >= 11 is 0. The number of hydrogen-bond donors (Lipinski definition) is 1. The maximum Gasteiger partial charge on any atom is 0.408 e. The average Bonchev–Trinajstić information content (AvgIpc) is 2.77. The van der Waals surface area contributed by atoms with E-state index in [1.54, 1.807) is 42.5 Å². The molecule has 0 heterocycles. The minimum absolute atomic E-state index is 0.0771. The molecule has 0 saturated carbocycles. The topological polar surface area (TPSA) is 90.9 Å². The number of ether oxygens (including phenoxy) is 3. The second-order valence-corrected chi connectivity index (χ2v) is 6.20. The molecular formula is C22H24FNO6. The van der Waals surface area contributed by atoms with E-state index in [0.717, 1.165) is 0 Å². The molecule has 0 spiro atoms. The molecule has 1 unspecified atom stereocenters. The van der Waals surface area contributed by atoms with Crippen molar-refractivity contribution in [2.75, 3.05) is 13.2 Å². The van der Waals surface area contributed by atoms with E-state index in [1.165, 1.54) is 26.0 Å². The third kappa shape index (κ3) is 5.56. The first-order valence-electron chi connectivity index (χ1n) is 9.48. The molecule has 0 aliphatic rings. The Morgan fingerprint density at radius 2 is 1.37 bits per heavy atom. The fourth-order valence-corrected chi connectivity index (χ4v) is 2.73. The monoisotopic (exact) mass is 417 g/mol. The van der Waals surface area contributed by atoms with Crippen LogP contribution < -0.4 is 5.32 Å². The molecular weight excluding hydrogens is 393 g/mol. The third-order valence-electron chi connectivity index (χ3n) is 4.15. The molecule has 0 aliphatic heterocycles. The highest BCUT2D eigenvalue weighted by molar-refractivity contribution is 6.05. The molecule has 1 N–H and O–H groups in total. The largest absolute Gasteiger partial charge is 0.463 e. The number of carbonyl (C=O) groups is 3. The third-order valence-corrected chi connectivity index (χ3v) is 4.15. The Kier molecular flexibility index (Phi) is 8.34. The second kappa shape index (κ2) is 10.9. The minimum atomic E-state index is -3.31. The highest BCUT2D eigenvalue weighted by Gasteiger charge is 2.58. The lowest BCUT2D eigenvalue weighted by molar-refractivity contribution is -0.177. The molecule has 2 rings (SSSR count). The molecule has 0 fully saturated rings. The SMILES string of the molecule is CCOC(=O)C(F)(C(=O)OCC)C(NC(=O)OCc1ccccc1)c1ccccc1. The Hall–Kier alpha value is -3.42. The van der Waals surface area contributed by atoms with Crippen LogP contribution in [0, 0.1) is 0 Å². The lowest BCUT2D eigenvalue weighted by Gasteiger charge is -2.30. The van der Waals surface area contributed by atoms with Gasteiger partial charge >= 0.3 is 23.7 Å². The van der Waals surface area contributed by atoms with Crippen LogP contribution in [0.4, 0.5) is 9.18 Å². The first-order valence-corrected chi connectivity index (χ1v) is 9.48. The van der Waals surface area contributed by atoms with Crippen LogP contribution >= 0.6 is 0 Å². The zero-order chi connectivity index (χ0) is 22.0. The van der Waals surface area contributed by atoms with E-state index < -0.39 is 29.7 Å². The number of nitrogens with one attached hydrogen (secondary N) is 1. The van der Waals surface area contributed by atoms with Gasteiger partial charge in [-0.2, -0.15) is 0 Å². The Morgan fingerprint density at radius 1 is 0.867 bits per heavy atom. The van der Waals surface area contributed by atoms with Gasteiger partial charge in [0.2, 0.25) is 0 Å². The van der Waals surface area contributed by atoms with Crippen molar-refractivity contribution in [2.45, 2.75) is 32.2 Å². The van der Waals surface area contributed by atoms with Crippen LogP contribution in [0.5, 0.6) is 0 Å². The van der Waals surface area contributed by atoms with E-state index in [0.29, 0.717) is 5.56 Å². The zero-order valence-corrected chi connectivity index (χ0v) is 16.8. The van der Waals surface area contributed by atoms with E-state index in [9.17, 15) is 14.4 Å². The summed E-state index contributed by atoms with van der Waals surface area (Å²) in [5.74, 6) is -2.92. The van der Waals surface area contributed by atoms with Gasteiger partial charge in [0.15, 0.2) is 0 Å². The summed E-state index contributed by atoms with van der Waals surface area (Å²) in [6, 6.07) is 14.9. The van der Waals surface area contributed by atoms with Gasteiger partial charge in [-0.3, -0.25) is 0 Å². The lowest BCUT2D eigenvalue weighted by Crippen LogP contribution is -2.55. The number of hydrogen-bond acceptors (Lipinski definition) is 6. The highest BCUT2D eigenvalue weighted by Crippen LogP contribution is 2.33. The van der Waals surface area contributed by atoms with Crippen molar-refractivity contribution in [1.82, 2.24) is 5.32 Å². The van der Waals surface area contributed by atoms with Gasteiger partial charge < -0.3 is 19.5 Å². The number of benzene rings is 2. The van der Waals surface area contributed by atoms with E-state index in [1.807, 2.05) is 6.07 Å². The number of carbonyl (C=O) groups excluding carboxylic acids is 3. The molecule has 0 radical (unpaired) electrons. The first-order chi connectivity index (χ1) is 14.4.